The molecular weight excluding hydrogens is 214 g/mol. The summed E-state index contributed by atoms with van der Waals surface area (Å²) in [4.78, 5) is 25.4. The molecule has 0 bridgehead atoms. The van der Waals surface area contributed by atoms with Crippen molar-refractivity contribution in [3.63, 3.8) is 0 Å². The molecule has 0 N–H and O–H groups in total. The number of carbonyl (C=O) groups excluding carboxylic acids is 2. The molecule has 0 rings (SSSR count). The molecule has 0 aliphatic carbocycles. The molecule has 0 saturated carbocycles. The quantitative estimate of drug-likeness (QED) is 0.655. The van der Waals surface area contributed by atoms with Gasteiger partial charge < -0.3 is 4.90 Å². The number of rotatable bonds is 8. The van der Waals surface area contributed by atoms with Crippen molar-refractivity contribution < 1.29 is 9.59 Å². The summed E-state index contributed by atoms with van der Waals surface area (Å²) < 4.78 is 0. The van der Waals surface area contributed by atoms with E-state index in [1.54, 1.807) is 11.8 Å². The van der Waals surface area contributed by atoms with E-state index in [1.807, 2.05) is 6.92 Å². The van der Waals surface area contributed by atoms with E-state index in [-0.39, 0.29) is 17.7 Å². The Bertz CT molecular complexity index is 249. The Morgan fingerprint density at radius 3 is 2.12 bits per heavy atom. The number of amides is 1. The van der Waals surface area contributed by atoms with Crippen molar-refractivity contribution in [2.24, 2.45) is 5.92 Å². The highest BCUT2D eigenvalue weighted by atomic mass is 16.2. The van der Waals surface area contributed by atoms with Crippen LogP contribution in [0.25, 0.3) is 0 Å². The fraction of sp³-hybridized carbons (Fsp3) is 0.857. The SMILES string of the molecule is CCCCC(C(C)=O)N(CC(C)C)C(=O)CC. The summed E-state index contributed by atoms with van der Waals surface area (Å²) in [6.45, 7) is 10.4. The van der Waals surface area contributed by atoms with E-state index < -0.39 is 0 Å². The van der Waals surface area contributed by atoms with Gasteiger partial charge in [-0.1, -0.05) is 40.5 Å². The average molecular weight is 241 g/mol. The summed E-state index contributed by atoms with van der Waals surface area (Å²) in [7, 11) is 0. The van der Waals surface area contributed by atoms with Crippen LogP contribution in [0.4, 0.5) is 0 Å². The maximum atomic E-state index is 11.9. The van der Waals surface area contributed by atoms with Crippen LogP contribution in [0.1, 0.15) is 60.3 Å². The lowest BCUT2D eigenvalue weighted by atomic mass is 10.0. The van der Waals surface area contributed by atoms with E-state index in [0.29, 0.717) is 18.9 Å². The molecule has 100 valence electrons. The van der Waals surface area contributed by atoms with Crippen molar-refractivity contribution >= 4 is 11.7 Å². The summed E-state index contributed by atoms with van der Waals surface area (Å²) in [5.41, 5.74) is 0. The normalized spacial score (nSPS) is 12.6. The standard InChI is InChI=1S/C14H27NO2/c1-6-8-9-13(12(5)16)15(10-11(3)4)14(17)7-2/h11,13H,6-10H2,1-5H3. The van der Waals surface area contributed by atoms with Gasteiger partial charge in [0.25, 0.3) is 0 Å². The minimum atomic E-state index is -0.218. The van der Waals surface area contributed by atoms with Gasteiger partial charge in [0.15, 0.2) is 5.78 Å². The predicted octanol–water partition coefficient (Wildman–Crippen LogP) is 3.03. The molecule has 0 aliphatic heterocycles. The molecule has 1 unspecified atom stereocenters. The van der Waals surface area contributed by atoms with Gasteiger partial charge in [-0.05, 0) is 19.3 Å². The third-order valence-corrected chi connectivity index (χ3v) is 2.86. The molecule has 0 aromatic rings. The van der Waals surface area contributed by atoms with Gasteiger partial charge in [-0.25, -0.2) is 0 Å². The molecule has 0 aromatic heterocycles. The Labute approximate surface area is 106 Å². The third-order valence-electron chi connectivity index (χ3n) is 2.86. The van der Waals surface area contributed by atoms with Gasteiger partial charge in [-0.15, -0.1) is 0 Å². The number of nitrogens with zero attached hydrogens (tertiary/aromatic N) is 1. The van der Waals surface area contributed by atoms with Gasteiger partial charge in [0.1, 0.15) is 0 Å². The first kappa shape index (κ1) is 16.1. The number of Topliss-reactive ketones (excluding diaryl/α,β-unsaturated/α-hetero) is 1. The molecule has 0 fully saturated rings. The van der Waals surface area contributed by atoms with E-state index in [2.05, 4.69) is 20.8 Å². The van der Waals surface area contributed by atoms with Gasteiger partial charge in [-0.3, -0.25) is 9.59 Å². The maximum Gasteiger partial charge on any atom is 0.222 e. The highest BCUT2D eigenvalue weighted by Crippen LogP contribution is 2.14. The Kier molecular flexibility index (Phi) is 7.85. The zero-order valence-corrected chi connectivity index (χ0v) is 12.0. The van der Waals surface area contributed by atoms with E-state index in [4.69, 9.17) is 0 Å². The van der Waals surface area contributed by atoms with Gasteiger partial charge in [0.05, 0.1) is 6.04 Å². The second-order valence-corrected chi connectivity index (χ2v) is 5.06. The molecule has 17 heavy (non-hydrogen) atoms. The van der Waals surface area contributed by atoms with E-state index in [9.17, 15) is 9.59 Å². The fourth-order valence-electron chi connectivity index (χ4n) is 1.98. The molecule has 1 amide bonds. The topological polar surface area (TPSA) is 37.4 Å². The van der Waals surface area contributed by atoms with Crippen molar-refractivity contribution in [1.82, 2.24) is 4.90 Å². The Balaban J connectivity index is 4.79. The molecular formula is C14H27NO2. The predicted molar refractivity (Wildman–Crippen MR) is 70.8 cm³/mol. The van der Waals surface area contributed by atoms with Crippen molar-refractivity contribution in [2.75, 3.05) is 6.54 Å². The first-order valence-corrected chi connectivity index (χ1v) is 6.73. The van der Waals surface area contributed by atoms with Gasteiger partial charge >= 0.3 is 0 Å². The molecule has 0 heterocycles. The van der Waals surface area contributed by atoms with Crippen LogP contribution in [0, 0.1) is 5.92 Å². The lowest BCUT2D eigenvalue weighted by molar-refractivity contribution is -0.139. The molecule has 0 saturated heterocycles. The molecule has 0 aliphatic rings. The number of hydrogen-bond donors (Lipinski definition) is 0. The third kappa shape index (κ3) is 5.85. The Morgan fingerprint density at radius 2 is 1.76 bits per heavy atom. The van der Waals surface area contributed by atoms with Gasteiger partial charge in [-0.2, -0.15) is 0 Å². The van der Waals surface area contributed by atoms with Crippen LogP contribution >= 0.6 is 0 Å². The van der Waals surface area contributed by atoms with E-state index >= 15 is 0 Å². The fourth-order valence-corrected chi connectivity index (χ4v) is 1.98. The van der Waals surface area contributed by atoms with Crippen LogP contribution in [0.3, 0.4) is 0 Å². The summed E-state index contributed by atoms with van der Waals surface area (Å²) >= 11 is 0. The molecule has 1 atom stereocenters. The zero-order valence-electron chi connectivity index (χ0n) is 12.0. The van der Waals surface area contributed by atoms with Crippen LogP contribution in [-0.2, 0) is 9.59 Å². The summed E-state index contributed by atoms with van der Waals surface area (Å²) in [5.74, 6) is 0.602. The summed E-state index contributed by atoms with van der Waals surface area (Å²) in [5, 5.41) is 0. The van der Waals surface area contributed by atoms with Crippen molar-refractivity contribution in [1.29, 1.82) is 0 Å². The number of hydrogen-bond acceptors (Lipinski definition) is 2. The highest BCUT2D eigenvalue weighted by molar-refractivity contribution is 5.87. The van der Waals surface area contributed by atoms with Crippen LogP contribution in [0.5, 0.6) is 0 Å². The second kappa shape index (κ2) is 8.26. The van der Waals surface area contributed by atoms with Crippen LogP contribution in [-0.4, -0.2) is 29.2 Å². The molecule has 0 aromatic carbocycles. The average Bonchev–Trinajstić information content (AvgIpc) is 2.26. The van der Waals surface area contributed by atoms with Gasteiger partial charge in [0.2, 0.25) is 5.91 Å². The summed E-state index contributed by atoms with van der Waals surface area (Å²) in [6, 6.07) is -0.218. The number of unbranched alkanes of at least 4 members (excludes halogenated alkanes) is 1. The monoisotopic (exact) mass is 241 g/mol. The van der Waals surface area contributed by atoms with Crippen LogP contribution < -0.4 is 0 Å². The van der Waals surface area contributed by atoms with Crippen LogP contribution in [0.2, 0.25) is 0 Å². The molecule has 0 spiro atoms. The first-order valence-electron chi connectivity index (χ1n) is 6.73. The minimum absolute atomic E-state index is 0.0926. The highest BCUT2D eigenvalue weighted by Gasteiger charge is 2.26. The van der Waals surface area contributed by atoms with Gasteiger partial charge in [0, 0.05) is 13.0 Å². The second-order valence-electron chi connectivity index (χ2n) is 5.06. The largest absolute Gasteiger partial charge is 0.332 e. The maximum absolute atomic E-state index is 11.9. The lowest BCUT2D eigenvalue weighted by Crippen LogP contribution is -2.45. The van der Waals surface area contributed by atoms with Crippen LogP contribution in [0.15, 0.2) is 0 Å². The van der Waals surface area contributed by atoms with Crippen molar-refractivity contribution in [3.8, 4) is 0 Å². The van der Waals surface area contributed by atoms with Crippen molar-refractivity contribution in [3.05, 3.63) is 0 Å². The van der Waals surface area contributed by atoms with E-state index in [0.717, 1.165) is 19.3 Å². The Morgan fingerprint density at radius 1 is 1.18 bits per heavy atom. The molecule has 3 heteroatoms. The minimum Gasteiger partial charge on any atom is -0.332 e. The first-order chi connectivity index (χ1) is 7.93. The summed E-state index contributed by atoms with van der Waals surface area (Å²) in [6.07, 6.45) is 3.32. The smallest absolute Gasteiger partial charge is 0.222 e. The number of carbonyl (C=O) groups is 2. The molecule has 0 radical (unpaired) electrons. The van der Waals surface area contributed by atoms with Crippen molar-refractivity contribution in [2.45, 2.75) is 66.3 Å². The lowest BCUT2D eigenvalue weighted by Gasteiger charge is -2.31. The number of ketones is 1. The Hall–Kier alpha value is -0.860. The zero-order chi connectivity index (χ0) is 13.4. The molecule has 3 nitrogen and oxygen atoms in total. The van der Waals surface area contributed by atoms with E-state index in [1.165, 1.54) is 0 Å².